The smallest absolute Gasteiger partial charge is 0.259 e. The van der Waals surface area contributed by atoms with Crippen molar-refractivity contribution in [2.24, 2.45) is 0 Å². The van der Waals surface area contributed by atoms with E-state index in [0.717, 1.165) is 5.56 Å². The van der Waals surface area contributed by atoms with Gasteiger partial charge in [0.2, 0.25) is 5.95 Å². The highest BCUT2D eigenvalue weighted by atomic mass is 16.2. The molecule has 2 aromatic rings. The number of carbonyl (C=O) groups excluding carboxylic acids is 2. The number of aryl methyl sites for hydroxylation is 2. The number of hydrogen-bond acceptors (Lipinski definition) is 5. The minimum Gasteiger partial charge on any atom is -0.347 e. The van der Waals surface area contributed by atoms with Crippen molar-refractivity contribution in [1.29, 1.82) is 0 Å². The third-order valence-corrected chi connectivity index (χ3v) is 3.75. The van der Waals surface area contributed by atoms with Gasteiger partial charge in [0, 0.05) is 45.6 Å². The number of nitrogens with one attached hydrogen (secondary N) is 1. The summed E-state index contributed by atoms with van der Waals surface area (Å²) in [4.78, 5) is 36.5. The van der Waals surface area contributed by atoms with Gasteiger partial charge in [-0.1, -0.05) is 6.07 Å². The van der Waals surface area contributed by atoms with Crippen LogP contribution < -0.4 is 10.2 Å². The van der Waals surface area contributed by atoms with Crippen molar-refractivity contribution < 1.29 is 9.59 Å². The highest BCUT2D eigenvalue weighted by Gasteiger charge is 2.15. The Labute approximate surface area is 147 Å². The van der Waals surface area contributed by atoms with Gasteiger partial charge in [0.05, 0.1) is 11.3 Å². The third-order valence-electron chi connectivity index (χ3n) is 3.75. The molecule has 0 radical (unpaired) electrons. The van der Waals surface area contributed by atoms with Crippen LogP contribution in [0.4, 0.5) is 11.6 Å². The first-order valence-corrected chi connectivity index (χ1v) is 7.85. The molecule has 0 unspecified atom stereocenters. The quantitative estimate of drug-likeness (QED) is 0.921. The van der Waals surface area contributed by atoms with Gasteiger partial charge in [0.15, 0.2) is 0 Å². The van der Waals surface area contributed by atoms with Gasteiger partial charge < -0.3 is 15.1 Å². The van der Waals surface area contributed by atoms with Crippen LogP contribution in [0.1, 0.15) is 32.0 Å². The largest absolute Gasteiger partial charge is 0.347 e. The predicted molar refractivity (Wildman–Crippen MR) is 98.2 cm³/mol. The monoisotopic (exact) mass is 341 g/mol. The fourth-order valence-electron chi connectivity index (χ4n) is 2.23. The van der Waals surface area contributed by atoms with Crippen LogP contribution in [0.25, 0.3) is 0 Å². The van der Waals surface area contributed by atoms with E-state index in [1.54, 1.807) is 38.1 Å². The van der Waals surface area contributed by atoms with Gasteiger partial charge in [-0.15, -0.1) is 0 Å². The summed E-state index contributed by atoms with van der Waals surface area (Å²) >= 11 is 0. The molecule has 7 heteroatoms. The molecule has 0 fully saturated rings. The van der Waals surface area contributed by atoms with Crippen molar-refractivity contribution in [3.8, 4) is 0 Å². The number of rotatable bonds is 4. The standard InChI is InChI=1S/C18H23N5O2/c1-11-7-8-13(17(25)22(3)4)9-15(11)21-16(24)14-10-19-18(23(5)6)20-12(14)2/h7-10H,1-6H3,(H,21,24). The van der Waals surface area contributed by atoms with Gasteiger partial charge in [-0.3, -0.25) is 9.59 Å². The number of benzene rings is 1. The molecule has 0 aliphatic carbocycles. The summed E-state index contributed by atoms with van der Waals surface area (Å²) in [5.74, 6) is 0.120. The van der Waals surface area contributed by atoms with Crippen LogP contribution in [-0.2, 0) is 0 Å². The Kier molecular flexibility index (Phi) is 5.36. The second-order valence-corrected chi connectivity index (χ2v) is 6.25. The van der Waals surface area contributed by atoms with Gasteiger partial charge >= 0.3 is 0 Å². The molecule has 1 heterocycles. The molecule has 2 rings (SSSR count). The van der Waals surface area contributed by atoms with E-state index in [0.29, 0.717) is 28.5 Å². The fraction of sp³-hybridized carbons (Fsp3) is 0.333. The van der Waals surface area contributed by atoms with Gasteiger partial charge in [0.25, 0.3) is 11.8 Å². The van der Waals surface area contributed by atoms with Crippen LogP contribution in [0.5, 0.6) is 0 Å². The van der Waals surface area contributed by atoms with Crippen LogP contribution >= 0.6 is 0 Å². The lowest BCUT2D eigenvalue weighted by Crippen LogP contribution is -2.22. The summed E-state index contributed by atoms with van der Waals surface area (Å²) in [6, 6.07) is 5.23. The minimum atomic E-state index is -0.305. The molecular formula is C18H23N5O2. The molecule has 1 aromatic heterocycles. The second-order valence-electron chi connectivity index (χ2n) is 6.25. The maximum absolute atomic E-state index is 12.6. The lowest BCUT2D eigenvalue weighted by molar-refractivity contribution is 0.0827. The maximum Gasteiger partial charge on any atom is 0.259 e. The molecule has 0 saturated carbocycles. The van der Waals surface area contributed by atoms with Crippen molar-refractivity contribution in [2.75, 3.05) is 38.4 Å². The van der Waals surface area contributed by atoms with Crippen molar-refractivity contribution >= 4 is 23.5 Å². The minimum absolute atomic E-state index is 0.120. The lowest BCUT2D eigenvalue weighted by atomic mass is 10.1. The van der Waals surface area contributed by atoms with E-state index < -0.39 is 0 Å². The van der Waals surface area contributed by atoms with Gasteiger partial charge in [-0.25, -0.2) is 9.97 Å². The van der Waals surface area contributed by atoms with Crippen LogP contribution in [0.2, 0.25) is 0 Å². The number of hydrogen-bond donors (Lipinski definition) is 1. The molecular weight excluding hydrogens is 318 g/mol. The van der Waals surface area contributed by atoms with E-state index in [9.17, 15) is 9.59 Å². The molecule has 1 aromatic carbocycles. The summed E-state index contributed by atoms with van der Waals surface area (Å²) < 4.78 is 0. The molecule has 0 aliphatic heterocycles. The first kappa shape index (κ1) is 18.4. The molecule has 0 saturated heterocycles. The Hall–Kier alpha value is -2.96. The first-order chi connectivity index (χ1) is 11.7. The Morgan fingerprint density at radius 1 is 1.08 bits per heavy atom. The number of anilines is 2. The van der Waals surface area contributed by atoms with Crippen molar-refractivity contribution in [3.63, 3.8) is 0 Å². The Bertz CT molecular complexity index is 815. The normalized spacial score (nSPS) is 10.3. The fourth-order valence-corrected chi connectivity index (χ4v) is 2.23. The van der Waals surface area contributed by atoms with Gasteiger partial charge in [0.1, 0.15) is 0 Å². The zero-order valence-electron chi connectivity index (χ0n) is 15.4. The van der Waals surface area contributed by atoms with Crippen molar-refractivity contribution in [2.45, 2.75) is 13.8 Å². The number of nitrogens with zero attached hydrogens (tertiary/aromatic N) is 4. The first-order valence-electron chi connectivity index (χ1n) is 7.85. The summed E-state index contributed by atoms with van der Waals surface area (Å²) in [6.07, 6.45) is 1.51. The molecule has 0 aliphatic rings. The molecule has 132 valence electrons. The highest BCUT2D eigenvalue weighted by Crippen LogP contribution is 2.19. The molecule has 7 nitrogen and oxygen atoms in total. The number of amides is 2. The number of aromatic nitrogens is 2. The third kappa shape index (κ3) is 4.12. The van der Waals surface area contributed by atoms with E-state index >= 15 is 0 Å². The van der Waals surface area contributed by atoms with Crippen molar-refractivity contribution in [3.05, 3.63) is 46.8 Å². The van der Waals surface area contributed by atoms with Gasteiger partial charge in [-0.2, -0.15) is 0 Å². The van der Waals surface area contributed by atoms with Crippen LogP contribution in [-0.4, -0.2) is 54.9 Å². The average Bonchev–Trinajstić information content (AvgIpc) is 2.55. The maximum atomic E-state index is 12.6. The highest BCUT2D eigenvalue weighted by molar-refractivity contribution is 6.06. The molecule has 2 amide bonds. The van der Waals surface area contributed by atoms with E-state index in [1.807, 2.05) is 27.1 Å². The van der Waals surface area contributed by atoms with Crippen LogP contribution in [0, 0.1) is 13.8 Å². The lowest BCUT2D eigenvalue weighted by Gasteiger charge is -2.15. The Balaban J connectivity index is 2.29. The Morgan fingerprint density at radius 3 is 2.32 bits per heavy atom. The summed E-state index contributed by atoms with van der Waals surface area (Å²) in [6.45, 7) is 3.64. The topological polar surface area (TPSA) is 78.4 Å². The van der Waals surface area contributed by atoms with Crippen molar-refractivity contribution in [1.82, 2.24) is 14.9 Å². The Morgan fingerprint density at radius 2 is 1.76 bits per heavy atom. The summed E-state index contributed by atoms with van der Waals surface area (Å²) in [5.41, 5.74) is 2.96. The van der Waals surface area contributed by atoms with Crippen LogP contribution in [0.3, 0.4) is 0 Å². The van der Waals surface area contributed by atoms with E-state index in [1.165, 1.54) is 11.1 Å². The average molecular weight is 341 g/mol. The van der Waals surface area contributed by atoms with Gasteiger partial charge in [-0.05, 0) is 31.5 Å². The second kappa shape index (κ2) is 7.29. The van der Waals surface area contributed by atoms with E-state index in [4.69, 9.17) is 0 Å². The SMILES string of the molecule is Cc1ccc(C(=O)N(C)C)cc1NC(=O)c1cnc(N(C)C)nc1C. The van der Waals surface area contributed by atoms with Crippen LogP contribution in [0.15, 0.2) is 24.4 Å². The molecule has 1 N–H and O–H groups in total. The molecule has 0 atom stereocenters. The summed E-state index contributed by atoms with van der Waals surface area (Å²) in [5, 5.41) is 2.85. The zero-order valence-corrected chi connectivity index (χ0v) is 15.4. The predicted octanol–water partition coefficient (Wildman–Crippen LogP) is 2.11. The summed E-state index contributed by atoms with van der Waals surface area (Å²) in [7, 11) is 7.05. The molecule has 0 spiro atoms. The zero-order chi connectivity index (χ0) is 18.7. The van der Waals surface area contributed by atoms with E-state index in [-0.39, 0.29) is 11.8 Å². The number of carbonyl (C=O) groups is 2. The van der Waals surface area contributed by atoms with E-state index in [2.05, 4.69) is 15.3 Å². The molecule has 25 heavy (non-hydrogen) atoms. The molecule has 0 bridgehead atoms.